The number of carbonyl (C=O) groups is 2. The summed E-state index contributed by atoms with van der Waals surface area (Å²) in [5.41, 5.74) is 2.15. The first-order valence-electron chi connectivity index (χ1n) is 6.42. The van der Waals surface area contributed by atoms with Crippen LogP contribution in [-0.2, 0) is 9.59 Å². The van der Waals surface area contributed by atoms with Crippen LogP contribution in [0.2, 0.25) is 0 Å². The van der Waals surface area contributed by atoms with Crippen LogP contribution in [0.25, 0.3) is 0 Å². The van der Waals surface area contributed by atoms with Crippen LogP contribution >= 0.6 is 0 Å². The summed E-state index contributed by atoms with van der Waals surface area (Å²) in [5.74, 6) is 4.90. The number of carbonyl (C=O) groups excluding carboxylic acids is 2. The van der Waals surface area contributed by atoms with Gasteiger partial charge in [-0.2, -0.15) is 5.26 Å². The first kappa shape index (κ1) is 15.4. The Labute approximate surface area is 113 Å². The molecule has 1 rings (SSSR count). The number of hydrogen-bond donors (Lipinski definition) is 2. The number of nitriles is 1. The van der Waals surface area contributed by atoms with Gasteiger partial charge in [0, 0.05) is 32.0 Å². The summed E-state index contributed by atoms with van der Waals surface area (Å²) in [6.07, 6.45) is 1.72. The summed E-state index contributed by atoms with van der Waals surface area (Å²) in [7, 11) is 1.82. The first-order valence-corrected chi connectivity index (χ1v) is 6.42. The van der Waals surface area contributed by atoms with Gasteiger partial charge in [-0.05, 0) is 19.9 Å². The Kier molecular flexibility index (Phi) is 6.25. The van der Waals surface area contributed by atoms with Gasteiger partial charge in [0.25, 0.3) is 0 Å². The van der Waals surface area contributed by atoms with Crippen molar-refractivity contribution in [3.05, 3.63) is 0 Å². The highest BCUT2D eigenvalue weighted by Gasteiger charge is 2.27. The second kappa shape index (κ2) is 7.71. The maximum absolute atomic E-state index is 12.0. The molecule has 0 aromatic rings. The zero-order chi connectivity index (χ0) is 14.3. The SMILES string of the molecule is CN(CCC#N)CC(=O)N1CCC(C(=O)NN)CC1. The molecule has 0 spiro atoms. The van der Waals surface area contributed by atoms with E-state index in [1.165, 1.54) is 0 Å². The number of piperidine rings is 1. The van der Waals surface area contributed by atoms with Crippen LogP contribution in [0.15, 0.2) is 0 Å². The average molecular weight is 267 g/mol. The fourth-order valence-electron chi connectivity index (χ4n) is 2.16. The molecule has 1 fully saturated rings. The molecule has 0 bridgehead atoms. The van der Waals surface area contributed by atoms with Crippen molar-refractivity contribution in [2.75, 3.05) is 33.2 Å². The Bertz CT molecular complexity index is 358. The number of likely N-dealkylation sites (tertiary alicyclic amines) is 1. The number of hydrazine groups is 1. The molecule has 3 N–H and O–H groups in total. The van der Waals surface area contributed by atoms with E-state index >= 15 is 0 Å². The zero-order valence-electron chi connectivity index (χ0n) is 11.3. The van der Waals surface area contributed by atoms with Crippen LogP contribution in [0.4, 0.5) is 0 Å². The van der Waals surface area contributed by atoms with Gasteiger partial charge < -0.3 is 4.90 Å². The molecule has 0 unspecified atom stereocenters. The van der Waals surface area contributed by atoms with E-state index in [4.69, 9.17) is 11.1 Å². The lowest BCUT2D eigenvalue weighted by Gasteiger charge is -2.32. The highest BCUT2D eigenvalue weighted by molar-refractivity contribution is 5.80. The van der Waals surface area contributed by atoms with Crippen LogP contribution < -0.4 is 11.3 Å². The van der Waals surface area contributed by atoms with Gasteiger partial charge in [0.1, 0.15) is 0 Å². The normalized spacial score (nSPS) is 16.2. The van der Waals surface area contributed by atoms with Crippen LogP contribution in [0.1, 0.15) is 19.3 Å². The Morgan fingerprint density at radius 2 is 2.11 bits per heavy atom. The maximum atomic E-state index is 12.0. The van der Waals surface area contributed by atoms with Gasteiger partial charge in [0.05, 0.1) is 12.6 Å². The van der Waals surface area contributed by atoms with Crippen molar-refractivity contribution in [1.82, 2.24) is 15.2 Å². The van der Waals surface area contributed by atoms with Crippen molar-refractivity contribution in [3.8, 4) is 6.07 Å². The van der Waals surface area contributed by atoms with Crippen molar-refractivity contribution in [2.45, 2.75) is 19.3 Å². The second-order valence-electron chi connectivity index (χ2n) is 4.81. The molecule has 1 heterocycles. The quantitative estimate of drug-likeness (QED) is 0.380. The number of nitrogens with one attached hydrogen (secondary N) is 1. The third-order valence-corrected chi connectivity index (χ3v) is 3.37. The molecule has 1 aliphatic rings. The molecule has 1 saturated heterocycles. The molecule has 2 amide bonds. The molecule has 7 nitrogen and oxygen atoms in total. The van der Waals surface area contributed by atoms with E-state index in [0.717, 1.165) is 0 Å². The van der Waals surface area contributed by atoms with E-state index < -0.39 is 0 Å². The Morgan fingerprint density at radius 1 is 1.47 bits per heavy atom. The van der Waals surface area contributed by atoms with E-state index in [1.54, 1.807) is 4.90 Å². The zero-order valence-corrected chi connectivity index (χ0v) is 11.3. The molecule has 7 heteroatoms. The second-order valence-corrected chi connectivity index (χ2v) is 4.81. The fraction of sp³-hybridized carbons (Fsp3) is 0.750. The van der Waals surface area contributed by atoms with Crippen LogP contribution in [0, 0.1) is 17.2 Å². The minimum absolute atomic E-state index is 0.0482. The first-order chi connectivity index (χ1) is 9.08. The Morgan fingerprint density at radius 3 is 2.63 bits per heavy atom. The van der Waals surface area contributed by atoms with Crippen molar-refractivity contribution in [3.63, 3.8) is 0 Å². The molecule has 0 radical (unpaired) electrons. The molecule has 0 atom stereocenters. The third-order valence-electron chi connectivity index (χ3n) is 3.37. The smallest absolute Gasteiger partial charge is 0.237 e. The fourth-order valence-corrected chi connectivity index (χ4v) is 2.16. The predicted molar refractivity (Wildman–Crippen MR) is 69.4 cm³/mol. The van der Waals surface area contributed by atoms with E-state index in [0.29, 0.717) is 45.4 Å². The lowest BCUT2D eigenvalue weighted by atomic mass is 9.96. The third kappa shape index (κ3) is 4.85. The van der Waals surface area contributed by atoms with Crippen LogP contribution in [0.3, 0.4) is 0 Å². The number of nitrogens with two attached hydrogens (primary N) is 1. The monoisotopic (exact) mass is 267 g/mol. The van der Waals surface area contributed by atoms with Crippen LogP contribution in [0.5, 0.6) is 0 Å². The molecular formula is C12H21N5O2. The number of hydrogen-bond acceptors (Lipinski definition) is 5. The standard InChI is InChI=1S/C12H21N5O2/c1-16(6-2-5-13)9-11(18)17-7-3-10(4-8-17)12(19)15-14/h10H,2-4,6-9,14H2,1H3,(H,15,19). The van der Waals surface area contributed by atoms with Gasteiger partial charge in [0.15, 0.2) is 0 Å². The van der Waals surface area contributed by atoms with Crippen molar-refractivity contribution >= 4 is 11.8 Å². The summed E-state index contributed by atoms with van der Waals surface area (Å²) >= 11 is 0. The molecule has 0 saturated carbocycles. The van der Waals surface area contributed by atoms with E-state index in [2.05, 4.69) is 11.5 Å². The number of nitrogens with zero attached hydrogens (tertiary/aromatic N) is 3. The lowest BCUT2D eigenvalue weighted by molar-refractivity contribution is -0.136. The molecule has 0 aliphatic carbocycles. The molecule has 1 aliphatic heterocycles. The molecule has 106 valence electrons. The van der Waals surface area contributed by atoms with Gasteiger partial charge in [-0.3, -0.25) is 19.9 Å². The molecule has 0 aromatic carbocycles. The number of likely N-dealkylation sites (N-methyl/N-ethyl adjacent to an activating group) is 1. The summed E-state index contributed by atoms with van der Waals surface area (Å²) in [5, 5.41) is 8.48. The minimum atomic E-state index is -0.154. The van der Waals surface area contributed by atoms with Gasteiger partial charge in [-0.15, -0.1) is 0 Å². The van der Waals surface area contributed by atoms with E-state index in [-0.39, 0.29) is 17.7 Å². The van der Waals surface area contributed by atoms with Gasteiger partial charge in [0.2, 0.25) is 11.8 Å². The summed E-state index contributed by atoms with van der Waals surface area (Å²) in [6, 6.07) is 2.05. The predicted octanol–water partition coefficient (Wildman–Crippen LogP) is -0.940. The van der Waals surface area contributed by atoms with Crippen molar-refractivity contribution in [2.24, 2.45) is 11.8 Å². The lowest BCUT2D eigenvalue weighted by Crippen LogP contribution is -2.47. The Hall–Kier alpha value is -1.65. The highest BCUT2D eigenvalue weighted by atomic mass is 16.2. The number of amides is 2. The summed E-state index contributed by atoms with van der Waals surface area (Å²) in [4.78, 5) is 27.0. The van der Waals surface area contributed by atoms with Gasteiger partial charge in [-0.25, -0.2) is 5.84 Å². The molecule has 0 aromatic heterocycles. The average Bonchev–Trinajstić information content (AvgIpc) is 2.44. The summed E-state index contributed by atoms with van der Waals surface area (Å²) in [6.45, 7) is 2.08. The van der Waals surface area contributed by atoms with Gasteiger partial charge in [-0.1, -0.05) is 0 Å². The minimum Gasteiger partial charge on any atom is -0.342 e. The molecule has 19 heavy (non-hydrogen) atoms. The van der Waals surface area contributed by atoms with Gasteiger partial charge >= 0.3 is 0 Å². The van der Waals surface area contributed by atoms with E-state index in [1.807, 2.05) is 11.9 Å². The Balaban J connectivity index is 2.33. The van der Waals surface area contributed by atoms with Crippen LogP contribution in [-0.4, -0.2) is 54.8 Å². The maximum Gasteiger partial charge on any atom is 0.237 e. The number of rotatable bonds is 5. The largest absolute Gasteiger partial charge is 0.342 e. The topological polar surface area (TPSA) is 102 Å². The molecular weight excluding hydrogens is 246 g/mol. The summed E-state index contributed by atoms with van der Waals surface area (Å²) < 4.78 is 0. The van der Waals surface area contributed by atoms with Crippen molar-refractivity contribution in [1.29, 1.82) is 5.26 Å². The van der Waals surface area contributed by atoms with Crippen molar-refractivity contribution < 1.29 is 9.59 Å². The highest BCUT2D eigenvalue weighted by Crippen LogP contribution is 2.17. The van der Waals surface area contributed by atoms with E-state index in [9.17, 15) is 9.59 Å².